The molecule has 35 heavy (non-hydrogen) atoms. The van der Waals surface area contributed by atoms with Crippen molar-refractivity contribution in [2.24, 2.45) is 0 Å². The zero-order chi connectivity index (χ0) is 24.2. The minimum atomic E-state index is -0.595. The van der Waals surface area contributed by atoms with Crippen LogP contribution < -0.4 is 5.32 Å². The van der Waals surface area contributed by atoms with Crippen LogP contribution in [0.5, 0.6) is 0 Å². The number of carbonyl (C=O) groups excluding carboxylic acids is 1. The number of hydrogen-bond acceptors (Lipinski definition) is 5. The van der Waals surface area contributed by atoms with Crippen LogP contribution in [-0.4, -0.2) is 10.9 Å². The molecule has 2 heterocycles. The number of benzene rings is 3. The molecule has 5 rings (SSSR count). The fourth-order valence-corrected chi connectivity index (χ4v) is 4.60. The van der Waals surface area contributed by atoms with E-state index in [1.54, 1.807) is 36.5 Å². The Morgan fingerprint density at radius 2 is 1.86 bits per heavy atom. The molecule has 1 N–H and O–H groups in total. The standard InChI is InChI=1S/C28H18FN3O2S/c29-25-11-4-3-10-24(25)26-13-12-21(34-26)14-20(16-30)27(33)32-28-31-17-22(35-28)15-19-8-5-7-18-6-1-2-9-23(18)19/h1-14,17H,15H2,(H,31,32,33). The molecular weight excluding hydrogens is 461 g/mol. The maximum Gasteiger partial charge on any atom is 0.268 e. The number of nitrogens with one attached hydrogen (secondary N) is 1. The highest BCUT2D eigenvalue weighted by Gasteiger charge is 2.15. The highest BCUT2D eigenvalue weighted by atomic mass is 32.1. The first kappa shape index (κ1) is 22.3. The molecule has 0 aliphatic rings. The van der Waals surface area contributed by atoms with E-state index in [1.165, 1.54) is 39.8 Å². The molecule has 1 amide bonds. The van der Waals surface area contributed by atoms with Crippen LogP contribution in [0.4, 0.5) is 9.52 Å². The van der Waals surface area contributed by atoms with Crippen molar-refractivity contribution in [2.75, 3.05) is 5.32 Å². The number of halogens is 1. The van der Waals surface area contributed by atoms with E-state index in [0.717, 1.165) is 4.88 Å². The SMILES string of the molecule is N#CC(=Cc1ccc(-c2ccccc2F)o1)C(=O)Nc1ncc(Cc2cccc3ccccc23)s1. The van der Waals surface area contributed by atoms with Gasteiger partial charge in [0, 0.05) is 23.6 Å². The summed E-state index contributed by atoms with van der Waals surface area (Å²) >= 11 is 1.36. The second kappa shape index (κ2) is 9.75. The van der Waals surface area contributed by atoms with E-state index in [9.17, 15) is 14.4 Å². The van der Waals surface area contributed by atoms with Gasteiger partial charge in [0.2, 0.25) is 0 Å². The van der Waals surface area contributed by atoms with E-state index in [4.69, 9.17) is 4.42 Å². The van der Waals surface area contributed by atoms with Gasteiger partial charge < -0.3 is 4.42 Å². The lowest BCUT2D eigenvalue weighted by molar-refractivity contribution is -0.112. The van der Waals surface area contributed by atoms with E-state index in [0.29, 0.717) is 22.9 Å². The van der Waals surface area contributed by atoms with Gasteiger partial charge in [0.25, 0.3) is 5.91 Å². The Morgan fingerprint density at radius 3 is 2.71 bits per heavy atom. The van der Waals surface area contributed by atoms with E-state index in [-0.39, 0.29) is 11.3 Å². The van der Waals surface area contributed by atoms with Crippen molar-refractivity contribution in [2.45, 2.75) is 6.42 Å². The first-order chi connectivity index (χ1) is 17.1. The molecule has 2 aromatic heterocycles. The van der Waals surface area contributed by atoms with Crippen molar-refractivity contribution < 1.29 is 13.6 Å². The summed E-state index contributed by atoms with van der Waals surface area (Å²) in [5.74, 6) is -0.433. The molecule has 0 bridgehead atoms. The van der Waals surface area contributed by atoms with Gasteiger partial charge in [0.05, 0.1) is 5.56 Å². The molecule has 0 unspecified atom stereocenters. The van der Waals surface area contributed by atoms with Gasteiger partial charge in [-0.2, -0.15) is 5.26 Å². The van der Waals surface area contributed by atoms with Crippen LogP contribution in [0.25, 0.3) is 28.2 Å². The lowest BCUT2D eigenvalue weighted by Gasteiger charge is -2.04. The average Bonchev–Trinajstić information content (AvgIpc) is 3.52. The number of rotatable bonds is 6. The Kier molecular flexibility index (Phi) is 6.20. The number of hydrogen-bond donors (Lipinski definition) is 1. The van der Waals surface area contributed by atoms with Crippen molar-refractivity contribution in [1.82, 2.24) is 4.98 Å². The predicted molar refractivity (Wildman–Crippen MR) is 135 cm³/mol. The molecule has 5 nitrogen and oxygen atoms in total. The van der Waals surface area contributed by atoms with Gasteiger partial charge in [-0.1, -0.05) is 54.6 Å². The molecular formula is C28H18FN3O2S. The Labute approximate surface area is 204 Å². The Hall–Kier alpha value is -4.54. The van der Waals surface area contributed by atoms with Crippen molar-refractivity contribution in [3.05, 3.63) is 113 Å². The second-order valence-corrected chi connectivity index (χ2v) is 8.87. The van der Waals surface area contributed by atoms with E-state index in [1.807, 2.05) is 24.3 Å². The number of nitriles is 1. The lowest BCUT2D eigenvalue weighted by Crippen LogP contribution is -2.13. The van der Waals surface area contributed by atoms with E-state index >= 15 is 0 Å². The van der Waals surface area contributed by atoms with Gasteiger partial charge in [0.15, 0.2) is 5.13 Å². The van der Waals surface area contributed by atoms with Crippen LogP contribution in [0, 0.1) is 17.1 Å². The van der Waals surface area contributed by atoms with Crippen molar-refractivity contribution in [3.63, 3.8) is 0 Å². The second-order valence-electron chi connectivity index (χ2n) is 7.75. The summed E-state index contributed by atoms with van der Waals surface area (Å²) in [5, 5.41) is 14.9. The van der Waals surface area contributed by atoms with E-state index in [2.05, 4.69) is 34.6 Å². The molecule has 0 saturated heterocycles. The lowest BCUT2D eigenvalue weighted by atomic mass is 10.0. The first-order valence-electron chi connectivity index (χ1n) is 10.8. The van der Waals surface area contributed by atoms with Crippen LogP contribution in [-0.2, 0) is 11.2 Å². The zero-order valence-corrected chi connectivity index (χ0v) is 19.2. The molecule has 0 fully saturated rings. The largest absolute Gasteiger partial charge is 0.457 e. The maximum absolute atomic E-state index is 14.0. The first-order valence-corrected chi connectivity index (χ1v) is 11.6. The summed E-state index contributed by atoms with van der Waals surface area (Å²) in [6.07, 6.45) is 3.73. The summed E-state index contributed by atoms with van der Waals surface area (Å²) in [6.45, 7) is 0. The highest BCUT2D eigenvalue weighted by molar-refractivity contribution is 7.15. The van der Waals surface area contributed by atoms with Gasteiger partial charge in [-0.25, -0.2) is 9.37 Å². The topological polar surface area (TPSA) is 78.9 Å². The smallest absolute Gasteiger partial charge is 0.268 e. The number of amides is 1. The zero-order valence-electron chi connectivity index (χ0n) is 18.4. The van der Waals surface area contributed by atoms with Crippen LogP contribution in [0.2, 0.25) is 0 Å². The van der Waals surface area contributed by atoms with Crippen LogP contribution in [0.3, 0.4) is 0 Å². The summed E-state index contributed by atoms with van der Waals surface area (Å²) in [7, 11) is 0. The van der Waals surface area contributed by atoms with Crippen molar-refractivity contribution in [3.8, 4) is 17.4 Å². The molecule has 0 radical (unpaired) electrons. The Balaban J connectivity index is 1.30. The number of furan rings is 1. The molecule has 0 saturated carbocycles. The van der Waals surface area contributed by atoms with Gasteiger partial charge in [0.1, 0.15) is 29.0 Å². The summed E-state index contributed by atoms with van der Waals surface area (Å²) < 4.78 is 19.6. The summed E-state index contributed by atoms with van der Waals surface area (Å²) in [4.78, 5) is 18.0. The Morgan fingerprint density at radius 1 is 1.06 bits per heavy atom. The molecule has 7 heteroatoms. The number of fused-ring (bicyclic) bond motifs is 1. The maximum atomic E-state index is 14.0. The number of nitrogens with zero attached hydrogens (tertiary/aromatic N) is 2. The molecule has 0 aliphatic heterocycles. The molecule has 0 spiro atoms. The number of thiazole rings is 1. The van der Waals surface area contributed by atoms with Gasteiger partial charge >= 0.3 is 0 Å². The normalized spacial score (nSPS) is 11.4. The van der Waals surface area contributed by atoms with Gasteiger partial charge in [-0.05, 0) is 40.6 Å². The van der Waals surface area contributed by atoms with Crippen molar-refractivity contribution in [1.29, 1.82) is 5.26 Å². The van der Waals surface area contributed by atoms with Crippen LogP contribution in [0.1, 0.15) is 16.2 Å². The predicted octanol–water partition coefficient (Wildman–Crippen LogP) is 6.83. The molecule has 3 aromatic carbocycles. The molecule has 0 aliphatic carbocycles. The van der Waals surface area contributed by atoms with Gasteiger partial charge in [-0.3, -0.25) is 10.1 Å². The number of aromatic nitrogens is 1. The average molecular weight is 480 g/mol. The highest BCUT2D eigenvalue weighted by Crippen LogP contribution is 2.27. The number of anilines is 1. The third-order valence-electron chi connectivity index (χ3n) is 5.44. The quantitative estimate of drug-likeness (QED) is 0.214. The molecule has 5 aromatic rings. The third kappa shape index (κ3) is 4.88. The molecule has 170 valence electrons. The number of carbonyl (C=O) groups is 1. The summed E-state index contributed by atoms with van der Waals surface area (Å²) in [5.41, 5.74) is 1.33. The minimum absolute atomic E-state index is 0.148. The third-order valence-corrected chi connectivity index (χ3v) is 6.35. The fourth-order valence-electron chi connectivity index (χ4n) is 3.77. The van der Waals surface area contributed by atoms with Crippen LogP contribution >= 0.6 is 11.3 Å². The Bertz CT molecular complexity index is 1600. The molecule has 0 atom stereocenters. The monoisotopic (exact) mass is 479 g/mol. The van der Waals surface area contributed by atoms with Crippen LogP contribution in [0.15, 0.2) is 95.0 Å². The van der Waals surface area contributed by atoms with E-state index < -0.39 is 11.7 Å². The minimum Gasteiger partial charge on any atom is -0.457 e. The van der Waals surface area contributed by atoms with Gasteiger partial charge in [-0.15, -0.1) is 11.3 Å². The fraction of sp³-hybridized carbons (Fsp3) is 0.0357. The van der Waals surface area contributed by atoms with Crippen molar-refractivity contribution >= 4 is 39.2 Å². The summed E-state index contributed by atoms with van der Waals surface area (Å²) in [6, 6.07) is 25.7.